The van der Waals surface area contributed by atoms with E-state index in [-0.39, 0.29) is 24.7 Å². The van der Waals surface area contributed by atoms with Crippen LogP contribution in [-0.4, -0.2) is 36.4 Å². The van der Waals surface area contributed by atoms with Crippen molar-refractivity contribution in [2.75, 3.05) is 13.2 Å². The molecular formula is C17H25ClN2O3. The van der Waals surface area contributed by atoms with Gasteiger partial charge in [-0.25, -0.2) is 4.79 Å². The maximum absolute atomic E-state index is 12.0. The summed E-state index contributed by atoms with van der Waals surface area (Å²) in [5.74, 6) is 0.396. The number of aliphatic hydroxyl groups is 1. The fourth-order valence-electron chi connectivity index (χ4n) is 2.78. The van der Waals surface area contributed by atoms with Crippen LogP contribution in [0.4, 0.5) is 4.79 Å². The molecule has 3 N–H and O–H groups in total. The largest absolute Gasteiger partial charge is 0.391 e. The third-order valence-corrected chi connectivity index (χ3v) is 4.10. The average Bonchev–Trinajstić information content (AvgIpc) is 2.93. The van der Waals surface area contributed by atoms with Gasteiger partial charge in [0.25, 0.3) is 0 Å². The van der Waals surface area contributed by atoms with Crippen LogP contribution in [-0.2, 0) is 4.74 Å². The van der Waals surface area contributed by atoms with Crippen molar-refractivity contribution in [2.24, 2.45) is 5.92 Å². The van der Waals surface area contributed by atoms with E-state index in [9.17, 15) is 9.90 Å². The molecule has 1 aromatic carbocycles. The maximum Gasteiger partial charge on any atom is 0.315 e. The predicted octanol–water partition coefficient (Wildman–Crippen LogP) is 2.88. The smallest absolute Gasteiger partial charge is 0.315 e. The monoisotopic (exact) mass is 340 g/mol. The van der Waals surface area contributed by atoms with Gasteiger partial charge in [-0.05, 0) is 36.5 Å². The molecule has 23 heavy (non-hydrogen) atoms. The van der Waals surface area contributed by atoms with Gasteiger partial charge < -0.3 is 20.5 Å². The normalized spacial score (nSPS) is 22.1. The quantitative estimate of drug-likeness (QED) is 0.745. The number of hydrogen-bond donors (Lipinski definition) is 3. The van der Waals surface area contributed by atoms with Gasteiger partial charge >= 0.3 is 6.03 Å². The molecule has 5 nitrogen and oxygen atoms in total. The lowest BCUT2D eigenvalue weighted by molar-refractivity contribution is 0.0995. The van der Waals surface area contributed by atoms with Crippen molar-refractivity contribution in [1.82, 2.24) is 10.6 Å². The molecule has 0 aromatic heterocycles. The van der Waals surface area contributed by atoms with E-state index in [0.717, 1.165) is 12.0 Å². The molecular weight excluding hydrogens is 316 g/mol. The Hall–Kier alpha value is -1.30. The highest BCUT2D eigenvalue weighted by Crippen LogP contribution is 2.29. The summed E-state index contributed by atoms with van der Waals surface area (Å²) in [7, 11) is 0. The van der Waals surface area contributed by atoms with Crippen LogP contribution in [0.5, 0.6) is 0 Å². The molecule has 1 fully saturated rings. The summed E-state index contributed by atoms with van der Waals surface area (Å²) in [4.78, 5) is 12.0. The zero-order chi connectivity index (χ0) is 16.8. The Morgan fingerprint density at radius 2 is 2.09 bits per heavy atom. The summed E-state index contributed by atoms with van der Waals surface area (Å²) in [6.07, 6.45) is 0.737. The van der Waals surface area contributed by atoms with Gasteiger partial charge in [0.15, 0.2) is 0 Å². The van der Waals surface area contributed by atoms with Crippen molar-refractivity contribution in [3.05, 3.63) is 34.9 Å². The molecule has 1 aromatic rings. The Kier molecular flexibility index (Phi) is 6.69. The molecule has 1 saturated heterocycles. The molecule has 6 heteroatoms. The molecule has 0 bridgehead atoms. The van der Waals surface area contributed by atoms with E-state index < -0.39 is 6.10 Å². The van der Waals surface area contributed by atoms with Crippen molar-refractivity contribution < 1.29 is 14.6 Å². The number of benzene rings is 1. The molecule has 0 saturated carbocycles. The van der Waals surface area contributed by atoms with E-state index in [2.05, 4.69) is 10.6 Å². The van der Waals surface area contributed by atoms with Crippen LogP contribution in [0.25, 0.3) is 0 Å². The Bertz CT molecular complexity index is 507. The number of urea groups is 1. The van der Waals surface area contributed by atoms with E-state index >= 15 is 0 Å². The summed E-state index contributed by atoms with van der Waals surface area (Å²) in [5.41, 5.74) is 0.997. The number of rotatable bonds is 6. The lowest BCUT2D eigenvalue weighted by Crippen LogP contribution is -2.45. The minimum Gasteiger partial charge on any atom is -0.391 e. The summed E-state index contributed by atoms with van der Waals surface area (Å²) < 4.78 is 5.74. The molecule has 1 aliphatic rings. The number of halogens is 1. The second-order valence-electron chi connectivity index (χ2n) is 6.38. The van der Waals surface area contributed by atoms with Crippen LogP contribution in [0.15, 0.2) is 24.3 Å². The van der Waals surface area contributed by atoms with Gasteiger partial charge in [-0.1, -0.05) is 37.6 Å². The molecule has 1 heterocycles. The summed E-state index contributed by atoms with van der Waals surface area (Å²) >= 11 is 5.90. The lowest BCUT2D eigenvalue weighted by Gasteiger charge is -2.21. The average molecular weight is 341 g/mol. The van der Waals surface area contributed by atoms with Gasteiger partial charge in [-0.2, -0.15) is 0 Å². The number of carbonyl (C=O) groups excluding carboxylic acids is 1. The molecule has 2 amide bonds. The summed E-state index contributed by atoms with van der Waals surface area (Å²) in [6, 6.07) is 7.10. The van der Waals surface area contributed by atoms with Gasteiger partial charge in [-0.15, -0.1) is 0 Å². The first-order valence-electron chi connectivity index (χ1n) is 8.05. The van der Waals surface area contributed by atoms with Crippen LogP contribution in [0.3, 0.4) is 0 Å². The van der Waals surface area contributed by atoms with Crippen LogP contribution >= 0.6 is 11.6 Å². The van der Waals surface area contributed by atoms with Crippen LogP contribution in [0, 0.1) is 5.92 Å². The second kappa shape index (κ2) is 8.52. The molecule has 3 atom stereocenters. The van der Waals surface area contributed by atoms with Crippen LogP contribution < -0.4 is 10.6 Å². The third kappa shape index (κ3) is 5.68. The Labute approximate surface area is 142 Å². The highest BCUT2D eigenvalue weighted by molar-refractivity contribution is 6.30. The molecule has 0 radical (unpaired) electrons. The first-order valence-corrected chi connectivity index (χ1v) is 8.43. The lowest BCUT2D eigenvalue weighted by atomic mass is 10.0. The standard InChI is InChI=1S/C17H25ClN2O3/c1-11(2)9-14(21)10-19-17(22)20-15-7-8-23-16(15)12-3-5-13(18)6-4-12/h3-6,11,14-16,21H,7-10H2,1-2H3,(H2,19,20,22). The Balaban J connectivity index is 1.83. The van der Waals surface area contributed by atoms with Crippen molar-refractivity contribution in [3.8, 4) is 0 Å². The van der Waals surface area contributed by atoms with Crippen molar-refractivity contribution in [2.45, 2.75) is 44.9 Å². The van der Waals surface area contributed by atoms with E-state index in [1.54, 1.807) is 0 Å². The third-order valence-electron chi connectivity index (χ3n) is 3.85. The van der Waals surface area contributed by atoms with E-state index in [1.165, 1.54) is 0 Å². The Morgan fingerprint density at radius 3 is 2.74 bits per heavy atom. The minimum absolute atomic E-state index is 0.0848. The summed E-state index contributed by atoms with van der Waals surface area (Å²) in [6.45, 7) is 4.93. The number of hydrogen-bond acceptors (Lipinski definition) is 3. The molecule has 2 rings (SSSR count). The number of nitrogens with one attached hydrogen (secondary N) is 2. The van der Waals surface area contributed by atoms with Gasteiger partial charge in [0.1, 0.15) is 6.10 Å². The van der Waals surface area contributed by atoms with Gasteiger partial charge in [-0.3, -0.25) is 0 Å². The first kappa shape index (κ1) is 18.0. The summed E-state index contributed by atoms with van der Waals surface area (Å²) in [5, 5.41) is 16.1. The van der Waals surface area contributed by atoms with Crippen molar-refractivity contribution in [3.63, 3.8) is 0 Å². The fourth-order valence-corrected chi connectivity index (χ4v) is 2.90. The van der Waals surface area contributed by atoms with E-state index in [4.69, 9.17) is 16.3 Å². The molecule has 1 aliphatic heterocycles. The Morgan fingerprint density at radius 1 is 1.39 bits per heavy atom. The number of aliphatic hydroxyl groups excluding tert-OH is 1. The first-order chi connectivity index (χ1) is 11.0. The highest BCUT2D eigenvalue weighted by Gasteiger charge is 2.30. The maximum atomic E-state index is 12.0. The fraction of sp³-hybridized carbons (Fsp3) is 0.588. The molecule has 0 aliphatic carbocycles. The number of amides is 2. The van der Waals surface area contributed by atoms with E-state index in [1.807, 2.05) is 38.1 Å². The SMILES string of the molecule is CC(C)CC(O)CNC(=O)NC1CCOC1c1ccc(Cl)cc1. The second-order valence-corrected chi connectivity index (χ2v) is 6.81. The number of carbonyl (C=O) groups is 1. The number of ether oxygens (including phenoxy) is 1. The van der Waals surface area contributed by atoms with Gasteiger partial charge in [0.2, 0.25) is 0 Å². The zero-order valence-electron chi connectivity index (χ0n) is 13.6. The predicted molar refractivity (Wildman–Crippen MR) is 90.5 cm³/mol. The van der Waals surface area contributed by atoms with Crippen LogP contribution in [0.2, 0.25) is 5.02 Å². The van der Waals surface area contributed by atoms with Crippen molar-refractivity contribution >= 4 is 17.6 Å². The zero-order valence-corrected chi connectivity index (χ0v) is 14.3. The molecule has 128 valence electrons. The van der Waals surface area contributed by atoms with Gasteiger partial charge in [0.05, 0.1) is 12.1 Å². The van der Waals surface area contributed by atoms with Crippen LogP contribution in [0.1, 0.15) is 38.4 Å². The van der Waals surface area contributed by atoms with Gasteiger partial charge in [0, 0.05) is 18.2 Å². The molecule has 3 unspecified atom stereocenters. The minimum atomic E-state index is -0.521. The van der Waals surface area contributed by atoms with Crippen molar-refractivity contribution in [1.29, 1.82) is 0 Å². The topological polar surface area (TPSA) is 70.6 Å². The van der Waals surface area contributed by atoms with E-state index in [0.29, 0.717) is 24.0 Å². The highest BCUT2D eigenvalue weighted by atomic mass is 35.5. The molecule has 0 spiro atoms.